The average molecular weight is 445 g/mol. The number of rotatable bonds is 9. The SMILES string of the molecule is CCCCOc1c(OC)cc(-c2nccn2S(=O)(=O)c2ccc(C)cc2)cc1[N+](=O)[O-]. The van der Waals surface area contributed by atoms with Crippen LogP contribution in [0.25, 0.3) is 11.4 Å². The van der Waals surface area contributed by atoms with Crippen molar-refractivity contribution in [1.82, 2.24) is 8.96 Å². The molecule has 0 N–H and O–H groups in total. The van der Waals surface area contributed by atoms with Crippen molar-refractivity contribution >= 4 is 15.7 Å². The van der Waals surface area contributed by atoms with Crippen LogP contribution < -0.4 is 9.47 Å². The van der Waals surface area contributed by atoms with Gasteiger partial charge in [-0.3, -0.25) is 10.1 Å². The highest BCUT2D eigenvalue weighted by Crippen LogP contribution is 2.41. The number of nitro benzene ring substituents is 1. The van der Waals surface area contributed by atoms with Crippen molar-refractivity contribution in [3.63, 3.8) is 0 Å². The second-order valence-corrected chi connectivity index (χ2v) is 8.67. The summed E-state index contributed by atoms with van der Waals surface area (Å²) in [6.45, 7) is 4.13. The van der Waals surface area contributed by atoms with E-state index in [9.17, 15) is 18.5 Å². The van der Waals surface area contributed by atoms with E-state index in [-0.39, 0.29) is 33.5 Å². The van der Waals surface area contributed by atoms with Crippen molar-refractivity contribution in [1.29, 1.82) is 0 Å². The number of hydrogen-bond acceptors (Lipinski definition) is 7. The largest absolute Gasteiger partial charge is 0.493 e. The van der Waals surface area contributed by atoms with Gasteiger partial charge in [0.15, 0.2) is 11.6 Å². The maximum absolute atomic E-state index is 13.1. The minimum absolute atomic E-state index is 0.00389. The fourth-order valence-electron chi connectivity index (χ4n) is 2.98. The van der Waals surface area contributed by atoms with Gasteiger partial charge in [-0.25, -0.2) is 17.4 Å². The quantitative estimate of drug-likeness (QED) is 0.276. The molecule has 10 heteroatoms. The van der Waals surface area contributed by atoms with Gasteiger partial charge >= 0.3 is 5.69 Å². The average Bonchev–Trinajstić information content (AvgIpc) is 3.25. The summed E-state index contributed by atoms with van der Waals surface area (Å²) in [5.41, 5.74) is 0.809. The predicted octanol–water partition coefficient (Wildman–Crippen LogP) is 4.19. The molecule has 1 heterocycles. The predicted molar refractivity (Wildman–Crippen MR) is 115 cm³/mol. The van der Waals surface area contributed by atoms with E-state index in [1.807, 2.05) is 13.8 Å². The van der Waals surface area contributed by atoms with Gasteiger partial charge in [-0.2, -0.15) is 0 Å². The second kappa shape index (κ2) is 9.17. The number of nitrogens with zero attached hydrogens (tertiary/aromatic N) is 3. The molecule has 2 aromatic carbocycles. The van der Waals surface area contributed by atoms with Crippen LogP contribution >= 0.6 is 0 Å². The van der Waals surface area contributed by atoms with E-state index < -0.39 is 14.9 Å². The van der Waals surface area contributed by atoms with Crippen molar-refractivity contribution in [3.05, 3.63) is 64.5 Å². The minimum Gasteiger partial charge on any atom is -0.493 e. The van der Waals surface area contributed by atoms with E-state index in [1.165, 1.54) is 43.8 Å². The van der Waals surface area contributed by atoms with Crippen LogP contribution in [-0.4, -0.2) is 36.0 Å². The Morgan fingerprint density at radius 3 is 2.52 bits per heavy atom. The molecule has 1 aromatic heterocycles. The van der Waals surface area contributed by atoms with Crippen LogP contribution in [0.1, 0.15) is 25.3 Å². The van der Waals surface area contributed by atoms with Gasteiger partial charge in [-0.15, -0.1) is 0 Å². The van der Waals surface area contributed by atoms with Gasteiger partial charge in [0.1, 0.15) is 0 Å². The molecule has 0 aliphatic rings. The number of methoxy groups -OCH3 is 1. The lowest BCUT2D eigenvalue weighted by molar-refractivity contribution is -0.385. The Kier molecular flexibility index (Phi) is 6.59. The Labute approximate surface area is 180 Å². The molecule has 0 radical (unpaired) electrons. The van der Waals surface area contributed by atoms with E-state index in [2.05, 4.69) is 4.98 Å². The Morgan fingerprint density at radius 1 is 1.19 bits per heavy atom. The Bertz CT molecular complexity index is 1190. The molecule has 0 saturated heterocycles. The first kappa shape index (κ1) is 22.3. The summed E-state index contributed by atoms with van der Waals surface area (Å²) < 4.78 is 38.2. The van der Waals surface area contributed by atoms with Crippen molar-refractivity contribution < 1.29 is 22.8 Å². The molecule has 164 valence electrons. The zero-order valence-corrected chi connectivity index (χ0v) is 18.3. The number of benzene rings is 2. The molecule has 0 bridgehead atoms. The van der Waals surface area contributed by atoms with Crippen molar-refractivity contribution in [2.45, 2.75) is 31.6 Å². The summed E-state index contributed by atoms with van der Waals surface area (Å²) in [5.74, 6) is 0.161. The molecule has 0 saturated carbocycles. The van der Waals surface area contributed by atoms with Crippen LogP contribution in [0.2, 0.25) is 0 Å². The van der Waals surface area contributed by atoms with Crippen molar-refractivity contribution in [2.24, 2.45) is 0 Å². The van der Waals surface area contributed by atoms with Crippen LogP contribution in [-0.2, 0) is 10.0 Å². The van der Waals surface area contributed by atoms with Gasteiger partial charge in [0.2, 0.25) is 5.75 Å². The molecule has 0 fully saturated rings. The zero-order valence-electron chi connectivity index (χ0n) is 17.4. The van der Waals surface area contributed by atoms with Gasteiger partial charge in [-0.05, 0) is 31.5 Å². The number of ether oxygens (including phenoxy) is 2. The summed E-state index contributed by atoms with van der Waals surface area (Å²) in [7, 11) is -2.59. The van der Waals surface area contributed by atoms with Gasteiger partial charge in [0, 0.05) is 24.0 Å². The second-order valence-electron chi connectivity index (χ2n) is 6.85. The van der Waals surface area contributed by atoms with Gasteiger partial charge in [-0.1, -0.05) is 31.0 Å². The lowest BCUT2D eigenvalue weighted by Gasteiger charge is -2.14. The third-order valence-corrected chi connectivity index (χ3v) is 6.32. The first-order valence-corrected chi connectivity index (χ1v) is 11.1. The molecule has 31 heavy (non-hydrogen) atoms. The molecule has 0 aliphatic heterocycles. The molecule has 0 aliphatic carbocycles. The van der Waals surface area contributed by atoms with E-state index in [0.717, 1.165) is 22.4 Å². The smallest absolute Gasteiger partial charge is 0.315 e. The highest BCUT2D eigenvalue weighted by atomic mass is 32.2. The Balaban J connectivity index is 2.12. The van der Waals surface area contributed by atoms with Crippen LogP contribution in [0, 0.1) is 17.0 Å². The third kappa shape index (κ3) is 4.53. The van der Waals surface area contributed by atoms with E-state index >= 15 is 0 Å². The topological polar surface area (TPSA) is 114 Å². The number of hydrogen-bond donors (Lipinski definition) is 0. The zero-order chi connectivity index (χ0) is 22.6. The molecule has 0 atom stereocenters. The Morgan fingerprint density at radius 2 is 1.90 bits per heavy atom. The number of aromatic nitrogens is 2. The molecule has 9 nitrogen and oxygen atoms in total. The van der Waals surface area contributed by atoms with Crippen molar-refractivity contribution in [3.8, 4) is 22.9 Å². The summed E-state index contributed by atoms with van der Waals surface area (Å²) in [6.07, 6.45) is 4.21. The number of imidazole rings is 1. The van der Waals surface area contributed by atoms with E-state index in [1.54, 1.807) is 12.1 Å². The molecule has 0 amide bonds. The first-order valence-electron chi connectivity index (χ1n) is 9.64. The summed E-state index contributed by atoms with van der Waals surface area (Å²) >= 11 is 0. The standard InChI is InChI=1S/C21H23N3O6S/c1-4-5-12-30-20-18(24(25)26)13-16(14-19(20)29-3)21-22-10-11-23(21)31(27,28)17-8-6-15(2)7-9-17/h6-11,13-14H,4-5,12H2,1-3H3. The lowest BCUT2D eigenvalue weighted by Crippen LogP contribution is -2.13. The number of unbranched alkanes of at least 4 members (excludes halogenated alkanes) is 1. The monoisotopic (exact) mass is 445 g/mol. The molecule has 0 unspecified atom stereocenters. The maximum Gasteiger partial charge on any atom is 0.315 e. The molecule has 3 rings (SSSR count). The Hall–Kier alpha value is -3.40. The van der Waals surface area contributed by atoms with Crippen LogP contribution in [0.3, 0.4) is 0 Å². The molecule has 0 spiro atoms. The summed E-state index contributed by atoms with van der Waals surface area (Å²) in [6, 6.07) is 9.12. The highest BCUT2D eigenvalue weighted by Gasteiger charge is 2.27. The maximum atomic E-state index is 13.1. The number of nitro groups is 1. The molecular weight excluding hydrogens is 422 g/mol. The summed E-state index contributed by atoms with van der Waals surface area (Å²) in [5, 5.41) is 11.7. The van der Waals surface area contributed by atoms with Crippen LogP contribution in [0.4, 0.5) is 5.69 Å². The van der Waals surface area contributed by atoms with Crippen LogP contribution in [0.15, 0.2) is 53.7 Å². The van der Waals surface area contributed by atoms with Crippen molar-refractivity contribution in [2.75, 3.05) is 13.7 Å². The number of aryl methyl sites for hydroxylation is 1. The van der Waals surface area contributed by atoms with Gasteiger partial charge in [0.05, 0.1) is 23.5 Å². The fraction of sp³-hybridized carbons (Fsp3) is 0.286. The van der Waals surface area contributed by atoms with Gasteiger partial charge in [0.25, 0.3) is 10.0 Å². The normalized spacial score (nSPS) is 11.3. The fourth-order valence-corrected chi connectivity index (χ4v) is 4.28. The third-order valence-electron chi connectivity index (χ3n) is 4.64. The minimum atomic E-state index is -3.96. The first-order chi connectivity index (χ1) is 14.8. The highest BCUT2D eigenvalue weighted by molar-refractivity contribution is 7.90. The van der Waals surface area contributed by atoms with Gasteiger partial charge < -0.3 is 9.47 Å². The molecule has 3 aromatic rings. The van der Waals surface area contributed by atoms with E-state index in [0.29, 0.717) is 6.61 Å². The lowest BCUT2D eigenvalue weighted by atomic mass is 10.1. The van der Waals surface area contributed by atoms with E-state index in [4.69, 9.17) is 9.47 Å². The van der Waals surface area contributed by atoms with Crippen LogP contribution in [0.5, 0.6) is 11.5 Å². The summed E-state index contributed by atoms with van der Waals surface area (Å²) in [4.78, 5) is 15.3. The molecular formula is C21H23N3O6S.